The van der Waals surface area contributed by atoms with Crippen LogP contribution in [-0.4, -0.2) is 41.5 Å². The lowest BCUT2D eigenvalue weighted by atomic mass is 10.1. The number of carbonyl (C=O) groups excluding carboxylic acids is 1. The van der Waals surface area contributed by atoms with Gasteiger partial charge in [-0.2, -0.15) is 9.40 Å². The SMILES string of the molecule is Cc1cc(NC(=O)CCc2ccc(S(=O)(=O)N3CCCC3)cc2)n(-c2ccc(F)cc2)n1. The van der Waals surface area contributed by atoms with Crippen LogP contribution in [0.2, 0.25) is 0 Å². The van der Waals surface area contributed by atoms with Gasteiger partial charge in [0, 0.05) is 25.6 Å². The van der Waals surface area contributed by atoms with Crippen molar-refractivity contribution >= 4 is 21.7 Å². The van der Waals surface area contributed by atoms with Crippen LogP contribution in [0.15, 0.2) is 59.5 Å². The number of aryl methyl sites for hydroxylation is 2. The van der Waals surface area contributed by atoms with E-state index in [1.807, 2.05) is 6.92 Å². The average Bonchev–Trinajstić information content (AvgIpc) is 3.44. The molecule has 3 aromatic rings. The molecule has 0 spiro atoms. The van der Waals surface area contributed by atoms with E-state index < -0.39 is 10.0 Å². The zero-order valence-corrected chi connectivity index (χ0v) is 18.6. The van der Waals surface area contributed by atoms with Crippen LogP contribution in [0.5, 0.6) is 0 Å². The molecule has 0 saturated carbocycles. The minimum atomic E-state index is -3.44. The first-order chi connectivity index (χ1) is 15.3. The Bertz CT molecular complexity index is 1200. The molecule has 0 atom stereocenters. The van der Waals surface area contributed by atoms with Crippen molar-refractivity contribution in [3.8, 4) is 5.69 Å². The molecule has 1 aromatic heterocycles. The van der Waals surface area contributed by atoms with Crippen molar-refractivity contribution in [2.24, 2.45) is 0 Å². The first-order valence-corrected chi connectivity index (χ1v) is 12.0. The minimum Gasteiger partial charge on any atom is -0.311 e. The lowest BCUT2D eigenvalue weighted by Crippen LogP contribution is -2.27. The molecule has 9 heteroatoms. The number of nitrogens with zero attached hydrogens (tertiary/aromatic N) is 3. The predicted octanol–water partition coefficient (Wildman–Crippen LogP) is 3.68. The van der Waals surface area contributed by atoms with Crippen molar-refractivity contribution in [1.82, 2.24) is 14.1 Å². The molecular formula is C23H25FN4O3S. The Labute approximate surface area is 186 Å². The summed E-state index contributed by atoms with van der Waals surface area (Å²) >= 11 is 0. The Morgan fingerprint density at radius 2 is 1.72 bits per heavy atom. The quantitative estimate of drug-likeness (QED) is 0.588. The maximum atomic E-state index is 13.2. The highest BCUT2D eigenvalue weighted by Crippen LogP contribution is 2.22. The third kappa shape index (κ3) is 4.89. The number of rotatable bonds is 7. The van der Waals surface area contributed by atoms with Crippen LogP contribution in [0, 0.1) is 12.7 Å². The van der Waals surface area contributed by atoms with Gasteiger partial charge in [-0.05, 0) is 68.1 Å². The van der Waals surface area contributed by atoms with Crippen molar-refractivity contribution in [2.45, 2.75) is 37.5 Å². The summed E-state index contributed by atoms with van der Waals surface area (Å²) in [7, 11) is -3.44. The zero-order valence-electron chi connectivity index (χ0n) is 17.8. The van der Waals surface area contributed by atoms with Crippen molar-refractivity contribution < 1.29 is 17.6 Å². The van der Waals surface area contributed by atoms with E-state index in [-0.39, 0.29) is 23.0 Å². The van der Waals surface area contributed by atoms with Crippen LogP contribution >= 0.6 is 0 Å². The summed E-state index contributed by atoms with van der Waals surface area (Å²) in [6, 6.07) is 14.3. The predicted molar refractivity (Wildman–Crippen MR) is 120 cm³/mol. The summed E-state index contributed by atoms with van der Waals surface area (Å²) in [5.74, 6) is -0.0318. The molecule has 2 heterocycles. The fourth-order valence-corrected chi connectivity index (χ4v) is 5.25. The molecular weight excluding hydrogens is 431 g/mol. The maximum absolute atomic E-state index is 13.2. The number of hydrogen-bond donors (Lipinski definition) is 1. The number of halogens is 1. The molecule has 7 nitrogen and oxygen atoms in total. The van der Waals surface area contributed by atoms with E-state index in [2.05, 4.69) is 10.4 Å². The van der Waals surface area contributed by atoms with Gasteiger partial charge in [0.15, 0.2) is 0 Å². The van der Waals surface area contributed by atoms with Gasteiger partial charge in [-0.25, -0.2) is 17.5 Å². The number of aromatic nitrogens is 2. The Morgan fingerprint density at radius 3 is 2.38 bits per heavy atom. The molecule has 1 fully saturated rings. The third-order valence-electron chi connectivity index (χ3n) is 5.44. The number of nitrogens with one attached hydrogen (secondary N) is 1. The minimum absolute atomic E-state index is 0.193. The standard InChI is InChI=1S/C23H25FN4O3S/c1-17-16-22(28(26-17)20-9-7-19(24)8-10-20)25-23(29)13-6-18-4-11-21(12-5-18)32(30,31)27-14-2-3-15-27/h4-5,7-12,16H,2-3,6,13-15H2,1H3,(H,25,29). The van der Waals surface area contributed by atoms with Gasteiger partial charge in [0.2, 0.25) is 15.9 Å². The second-order valence-corrected chi connectivity index (χ2v) is 9.80. The third-order valence-corrected chi connectivity index (χ3v) is 7.35. The fourth-order valence-electron chi connectivity index (χ4n) is 3.74. The van der Waals surface area contributed by atoms with Crippen LogP contribution in [0.4, 0.5) is 10.2 Å². The molecule has 1 N–H and O–H groups in total. The summed E-state index contributed by atoms with van der Waals surface area (Å²) < 4.78 is 41.5. The first kappa shape index (κ1) is 22.2. The van der Waals surface area contributed by atoms with Gasteiger partial charge in [0.25, 0.3) is 0 Å². The number of benzene rings is 2. The maximum Gasteiger partial charge on any atom is 0.243 e. The van der Waals surface area contributed by atoms with E-state index in [9.17, 15) is 17.6 Å². The number of sulfonamides is 1. The average molecular weight is 457 g/mol. The molecule has 4 rings (SSSR count). The van der Waals surface area contributed by atoms with Gasteiger partial charge in [-0.1, -0.05) is 12.1 Å². The molecule has 168 valence electrons. The lowest BCUT2D eigenvalue weighted by molar-refractivity contribution is -0.116. The van der Waals surface area contributed by atoms with E-state index in [1.54, 1.807) is 47.1 Å². The van der Waals surface area contributed by atoms with E-state index >= 15 is 0 Å². The molecule has 1 saturated heterocycles. The van der Waals surface area contributed by atoms with E-state index in [0.29, 0.717) is 31.0 Å². The van der Waals surface area contributed by atoms with Gasteiger partial charge in [-0.15, -0.1) is 0 Å². The monoisotopic (exact) mass is 456 g/mol. The van der Waals surface area contributed by atoms with Gasteiger partial charge in [0.1, 0.15) is 11.6 Å². The summed E-state index contributed by atoms with van der Waals surface area (Å²) in [4.78, 5) is 12.8. The molecule has 0 unspecified atom stereocenters. The highest BCUT2D eigenvalue weighted by Gasteiger charge is 2.26. The van der Waals surface area contributed by atoms with Gasteiger partial charge < -0.3 is 5.32 Å². The van der Waals surface area contributed by atoms with Gasteiger partial charge in [-0.3, -0.25) is 4.79 Å². The van der Waals surface area contributed by atoms with Gasteiger partial charge in [0.05, 0.1) is 16.3 Å². The molecule has 1 aliphatic rings. The van der Waals surface area contributed by atoms with Crippen molar-refractivity contribution in [1.29, 1.82) is 0 Å². The van der Waals surface area contributed by atoms with Crippen LogP contribution in [-0.2, 0) is 21.2 Å². The van der Waals surface area contributed by atoms with Crippen LogP contribution < -0.4 is 5.32 Å². The van der Waals surface area contributed by atoms with Gasteiger partial charge >= 0.3 is 0 Å². The molecule has 0 bridgehead atoms. The summed E-state index contributed by atoms with van der Waals surface area (Å²) in [6.07, 6.45) is 2.49. The Balaban J connectivity index is 1.38. The topological polar surface area (TPSA) is 84.3 Å². The molecule has 32 heavy (non-hydrogen) atoms. The Hall–Kier alpha value is -3.04. The smallest absolute Gasteiger partial charge is 0.243 e. The normalized spacial score (nSPS) is 14.6. The highest BCUT2D eigenvalue weighted by molar-refractivity contribution is 7.89. The summed E-state index contributed by atoms with van der Waals surface area (Å²) in [5, 5.41) is 7.22. The van der Waals surface area contributed by atoms with Crippen LogP contribution in [0.1, 0.15) is 30.5 Å². The van der Waals surface area contributed by atoms with Crippen molar-refractivity contribution in [3.63, 3.8) is 0 Å². The van der Waals surface area contributed by atoms with E-state index in [1.165, 1.54) is 16.4 Å². The number of hydrogen-bond acceptors (Lipinski definition) is 4. The lowest BCUT2D eigenvalue weighted by Gasteiger charge is -2.15. The molecule has 2 aromatic carbocycles. The van der Waals surface area contributed by atoms with Crippen molar-refractivity contribution in [3.05, 3.63) is 71.7 Å². The number of anilines is 1. The van der Waals surface area contributed by atoms with Crippen LogP contribution in [0.3, 0.4) is 0 Å². The molecule has 0 radical (unpaired) electrons. The van der Waals surface area contributed by atoms with Crippen LogP contribution in [0.25, 0.3) is 5.69 Å². The fraction of sp³-hybridized carbons (Fsp3) is 0.304. The molecule has 1 amide bonds. The summed E-state index contributed by atoms with van der Waals surface area (Å²) in [6.45, 7) is 2.95. The molecule has 0 aliphatic carbocycles. The Kier molecular flexibility index (Phi) is 6.38. The summed E-state index contributed by atoms with van der Waals surface area (Å²) in [5.41, 5.74) is 2.24. The second-order valence-electron chi connectivity index (χ2n) is 7.86. The second kappa shape index (κ2) is 9.22. The first-order valence-electron chi connectivity index (χ1n) is 10.5. The number of amides is 1. The zero-order chi connectivity index (χ0) is 22.7. The van der Waals surface area contributed by atoms with Crippen molar-refractivity contribution in [2.75, 3.05) is 18.4 Å². The van der Waals surface area contributed by atoms with E-state index in [4.69, 9.17) is 0 Å². The Morgan fingerprint density at radius 1 is 1.06 bits per heavy atom. The van der Waals surface area contributed by atoms with E-state index in [0.717, 1.165) is 24.1 Å². The molecule has 1 aliphatic heterocycles. The highest BCUT2D eigenvalue weighted by atomic mass is 32.2. The largest absolute Gasteiger partial charge is 0.311 e. The number of carbonyl (C=O) groups is 1.